The molecule has 60 valence electrons. The molecule has 1 aromatic rings. The molecule has 0 atom stereocenters. The maximum atomic E-state index is 11.0. The van der Waals surface area contributed by atoms with Gasteiger partial charge < -0.3 is 4.57 Å². The third-order valence-corrected chi connectivity index (χ3v) is 1.35. The molecule has 0 aromatic carbocycles. The minimum Gasteiger partial charge on any atom is -0.302 e. The molecule has 0 aliphatic heterocycles. The van der Waals surface area contributed by atoms with Crippen molar-refractivity contribution >= 4 is 5.71 Å². The Morgan fingerprint density at radius 1 is 1.83 bits per heavy atom. The zero-order valence-corrected chi connectivity index (χ0v) is 6.40. The number of hydrogen-bond donors (Lipinski definition) is 1. The molecule has 5 nitrogen and oxygen atoms in total. The van der Waals surface area contributed by atoms with Crippen LogP contribution in [-0.4, -0.2) is 15.3 Å². The zero-order valence-electron chi connectivity index (χ0n) is 6.40. The normalized spacial score (nSPS) is 9.00. The Kier molecular flexibility index (Phi) is 2.01. The smallest absolute Gasteiger partial charge is 0.253 e. The number of nitriles is 1. The number of nitrogens with zero attached hydrogens (tertiary/aromatic N) is 3. The fraction of sp³-hybridized carbons (Fsp3) is 0.143. The van der Waals surface area contributed by atoms with E-state index in [1.807, 2.05) is 0 Å². The van der Waals surface area contributed by atoms with Crippen LogP contribution in [-0.2, 0) is 7.05 Å². The summed E-state index contributed by atoms with van der Waals surface area (Å²) in [7, 11) is 1.55. The molecule has 0 bridgehead atoms. The Balaban J connectivity index is 3.25. The first-order valence-corrected chi connectivity index (χ1v) is 3.17. The number of aromatic nitrogens is 2. The molecule has 0 radical (unpaired) electrons. The molecule has 12 heavy (non-hydrogen) atoms. The topological polar surface area (TPSA) is 82.5 Å². The van der Waals surface area contributed by atoms with Crippen molar-refractivity contribution in [2.24, 2.45) is 7.05 Å². The van der Waals surface area contributed by atoms with E-state index in [9.17, 15) is 4.79 Å². The predicted octanol–water partition coefficient (Wildman–Crippen LogP) is -0.328. The van der Waals surface area contributed by atoms with Crippen LogP contribution in [0.5, 0.6) is 0 Å². The summed E-state index contributed by atoms with van der Waals surface area (Å²) < 4.78 is 1.27. The van der Waals surface area contributed by atoms with Gasteiger partial charge in [-0.3, -0.25) is 10.2 Å². The van der Waals surface area contributed by atoms with Gasteiger partial charge in [-0.05, 0) is 0 Å². The van der Waals surface area contributed by atoms with Crippen molar-refractivity contribution in [1.29, 1.82) is 10.7 Å². The third-order valence-electron chi connectivity index (χ3n) is 1.35. The zero-order chi connectivity index (χ0) is 9.14. The van der Waals surface area contributed by atoms with Crippen LogP contribution in [0.1, 0.15) is 5.69 Å². The van der Waals surface area contributed by atoms with Gasteiger partial charge in [0.05, 0.1) is 6.33 Å². The van der Waals surface area contributed by atoms with E-state index in [1.54, 1.807) is 13.1 Å². The van der Waals surface area contributed by atoms with Crippen LogP contribution in [0.4, 0.5) is 0 Å². The van der Waals surface area contributed by atoms with Gasteiger partial charge in [0.1, 0.15) is 11.8 Å². The quantitative estimate of drug-likeness (QED) is 0.574. The Hall–Kier alpha value is -1.96. The fourth-order valence-electron chi connectivity index (χ4n) is 0.656. The summed E-state index contributed by atoms with van der Waals surface area (Å²) in [6.07, 6.45) is 1.28. The summed E-state index contributed by atoms with van der Waals surface area (Å²) in [5.41, 5.74) is -0.465. The highest BCUT2D eigenvalue weighted by Gasteiger charge is 2.01. The van der Waals surface area contributed by atoms with E-state index in [-0.39, 0.29) is 17.0 Å². The van der Waals surface area contributed by atoms with Crippen LogP contribution in [0.3, 0.4) is 0 Å². The lowest BCUT2D eigenvalue weighted by atomic mass is 10.3. The molecular formula is C7H6N4O. The SMILES string of the molecule is Cn1cnc(C(=N)C#N)cc1=O. The van der Waals surface area contributed by atoms with Crippen molar-refractivity contribution in [2.45, 2.75) is 0 Å². The van der Waals surface area contributed by atoms with Crippen LogP contribution in [0.25, 0.3) is 0 Å². The van der Waals surface area contributed by atoms with Gasteiger partial charge in [-0.25, -0.2) is 4.98 Å². The average molecular weight is 162 g/mol. The second-order valence-electron chi connectivity index (χ2n) is 2.21. The number of rotatable bonds is 1. The van der Waals surface area contributed by atoms with Crippen molar-refractivity contribution in [3.05, 3.63) is 28.4 Å². The number of nitrogens with one attached hydrogen (secondary N) is 1. The second kappa shape index (κ2) is 2.96. The van der Waals surface area contributed by atoms with Crippen molar-refractivity contribution < 1.29 is 0 Å². The van der Waals surface area contributed by atoms with Crippen molar-refractivity contribution in [3.8, 4) is 6.07 Å². The Morgan fingerprint density at radius 3 is 3.00 bits per heavy atom. The summed E-state index contributed by atoms with van der Waals surface area (Å²) in [5, 5.41) is 15.4. The summed E-state index contributed by atoms with van der Waals surface area (Å²) in [6.45, 7) is 0. The number of hydrogen-bond acceptors (Lipinski definition) is 4. The summed E-state index contributed by atoms with van der Waals surface area (Å²) >= 11 is 0. The van der Waals surface area contributed by atoms with E-state index in [0.29, 0.717) is 0 Å². The van der Waals surface area contributed by atoms with Gasteiger partial charge in [0.25, 0.3) is 5.56 Å². The third kappa shape index (κ3) is 1.37. The predicted molar refractivity (Wildman–Crippen MR) is 41.9 cm³/mol. The van der Waals surface area contributed by atoms with Crippen LogP contribution in [0.2, 0.25) is 0 Å². The minimum absolute atomic E-state index is 0.112. The van der Waals surface area contributed by atoms with Crippen LogP contribution < -0.4 is 5.56 Å². The second-order valence-corrected chi connectivity index (χ2v) is 2.21. The highest BCUT2D eigenvalue weighted by molar-refractivity contribution is 6.07. The van der Waals surface area contributed by atoms with Crippen molar-refractivity contribution in [1.82, 2.24) is 9.55 Å². The molecular weight excluding hydrogens is 156 g/mol. The van der Waals surface area contributed by atoms with Gasteiger partial charge in [0.15, 0.2) is 5.71 Å². The van der Waals surface area contributed by atoms with Gasteiger partial charge >= 0.3 is 0 Å². The summed E-state index contributed by atoms with van der Waals surface area (Å²) in [5.74, 6) is 0. The molecule has 0 saturated carbocycles. The molecule has 0 aliphatic carbocycles. The summed E-state index contributed by atoms with van der Waals surface area (Å²) in [4.78, 5) is 14.7. The maximum absolute atomic E-state index is 11.0. The Labute approximate surface area is 68.4 Å². The van der Waals surface area contributed by atoms with Gasteiger partial charge in [-0.2, -0.15) is 5.26 Å². The van der Waals surface area contributed by atoms with E-state index in [4.69, 9.17) is 10.7 Å². The minimum atomic E-state index is -0.298. The van der Waals surface area contributed by atoms with Crippen molar-refractivity contribution in [3.63, 3.8) is 0 Å². The molecule has 1 heterocycles. The van der Waals surface area contributed by atoms with Gasteiger partial charge in [0.2, 0.25) is 0 Å². The van der Waals surface area contributed by atoms with E-state index >= 15 is 0 Å². The lowest BCUT2D eigenvalue weighted by Gasteiger charge is -1.96. The van der Waals surface area contributed by atoms with Crippen molar-refractivity contribution in [2.75, 3.05) is 0 Å². The Morgan fingerprint density at radius 2 is 2.50 bits per heavy atom. The molecule has 5 heteroatoms. The van der Waals surface area contributed by atoms with E-state index in [2.05, 4.69) is 4.98 Å². The van der Waals surface area contributed by atoms with Crippen LogP contribution in [0.15, 0.2) is 17.2 Å². The first kappa shape index (κ1) is 8.14. The first-order valence-electron chi connectivity index (χ1n) is 3.17. The number of aryl methyl sites for hydroxylation is 1. The fourth-order valence-corrected chi connectivity index (χ4v) is 0.656. The molecule has 1 aromatic heterocycles. The van der Waals surface area contributed by atoms with Gasteiger partial charge in [-0.15, -0.1) is 0 Å². The molecule has 0 saturated heterocycles. The highest BCUT2D eigenvalue weighted by atomic mass is 16.1. The molecule has 0 fully saturated rings. The molecule has 0 amide bonds. The monoisotopic (exact) mass is 162 g/mol. The Bertz CT molecular complexity index is 412. The first-order chi connectivity index (χ1) is 5.65. The van der Waals surface area contributed by atoms with Crippen LogP contribution in [0, 0.1) is 16.7 Å². The molecule has 0 aliphatic rings. The molecule has 1 N–H and O–H groups in total. The van der Waals surface area contributed by atoms with Gasteiger partial charge in [0, 0.05) is 13.1 Å². The summed E-state index contributed by atoms with van der Waals surface area (Å²) in [6, 6.07) is 2.76. The lowest BCUT2D eigenvalue weighted by molar-refractivity contribution is 0.821. The maximum Gasteiger partial charge on any atom is 0.253 e. The van der Waals surface area contributed by atoms with E-state index in [0.717, 1.165) is 6.07 Å². The largest absolute Gasteiger partial charge is 0.302 e. The van der Waals surface area contributed by atoms with E-state index < -0.39 is 0 Å². The molecule has 0 spiro atoms. The lowest BCUT2D eigenvalue weighted by Crippen LogP contribution is -2.18. The van der Waals surface area contributed by atoms with Crippen LogP contribution >= 0.6 is 0 Å². The van der Waals surface area contributed by atoms with Gasteiger partial charge in [-0.1, -0.05) is 0 Å². The molecule has 0 unspecified atom stereocenters. The average Bonchev–Trinajstić information content (AvgIpc) is 2.08. The standard InChI is InChI=1S/C7H6N4O/c1-11-4-10-6(2-7(11)12)5(9)3-8/h2,4,9H,1H3. The highest BCUT2D eigenvalue weighted by Crippen LogP contribution is 1.88. The molecule has 1 rings (SSSR count). The van der Waals surface area contributed by atoms with E-state index in [1.165, 1.54) is 10.9 Å².